The Hall–Kier alpha value is -2.47. The van der Waals surface area contributed by atoms with Gasteiger partial charge in [-0.1, -0.05) is 11.2 Å². The predicted octanol–water partition coefficient (Wildman–Crippen LogP) is 4.51. The van der Waals surface area contributed by atoms with Crippen molar-refractivity contribution in [3.63, 3.8) is 0 Å². The number of rotatable bonds is 5. The number of nitrogens with zero attached hydrogens (tertiary/aromatic N) is 5. The third-order valence-corrected chi connectivity index (χ3v) is 5.74. The van der Waals surface area contributed by atoms with Gasteiger partial charge in [0.25, 0.3) is 0 Å². The van der Waals surface area contributed by atoms with E-state index in [2.05, 4.69) is 57.9 Å². The summed E-state index contributed by atoms with van der Waals surface area (Å²) in [6, 6.07) is 6.77. The molecule has 0 N–H and O–H groups in total. The van der Waals surface area contributed by atoms with Crippen LogP contribution in [-0.4, -0.2) is 37.7 Å². The van der Waals surface area contributed by atoms with Crippen LogP contribution in [0.2, 0.25) is 0 Å². The molecule has 1 saturated heterocycles. The Kier molecular flexibility index (Phi) is 5.31. The highest BCUT2D eigenvalue weighted by atomic mass is 16.5. The molecule has 0 atom stereocenters. The second-order valence-corrected chi connectivity index (χ2v) is 8.04. The van der Waals surface area contributed by atoms with Crippen LogP contribution in [0.15, 0.2) is 35.1 Å². The Balaban J connectivity index is 1.43. The molecule has 0 amide bonds. The van der Waals surface area contributed by atoms with Crippen molar-refractivity contribution >= 4 is 0 Å². The fourth-order valence-corrected chi connectivity index (χ4v) is 4.19. The average Bonchev–Trinajstić information content (AvgIpc) is 3.29. The van der Waals surface area contributed by atoms with Crippen LogP contribution in [0.3, 0.4) is 0 Å². The van der Waals surface area contributed by atoms with Gasteiger partial charge in [0, 0.05) is 30.0 Å². The fourth-order valence-electron chi connectivity index (χ4n) is 4.19. The van der Waals surface area contributed by atoms with Gasteiger partial charge in [-0.2, -0.15) is 0 Å². The van der Waals surface area contributed by atoms with E-state index >= 15 is 0 Å². The van der Waals surface area contributed by atoms with Gasteiger partial charge in [0.05, 0.1) is 23.5 Å². The van der Waals surface area contributed by atoms with Gasteiger partial charge in [-0.15, -0.1) is 0 Å². The van der Waals surface area contributed by atoms with Crippen LogP contribution >= 0.6 is 0 Å². The van der Waals surface area contributed by atoms with Crippen molar-refractivity contribution < 1.29 is 4.52 Å². The highest BCUT2D eigenvalue weighted by molar-refractivity contribution is 5.63. The largest absolute Gasteiger partial charge is 0.361 e. The van der Waals surface area contributed by atoms with E-state index in [1.807, 2.05) is 20.0 Å². The quantitative estimate of drug-likeness (QED) is 0.653. The van der Waals surface area contributed by atoms with Gasteiger partial charge in [0.2, 0.25) is 0 Å². The normalized spacial score (nSPS) is 16.2. The minimum atomic E-state index is 0.450. The lowest BCUT2D eigenvalue weighted by Crippen LogP contribution is -2.33. The number of piperidine rings is 1. The third kappa shape index (κ3) is 3.74. The lowest BCUT2D eigenvalue weighted by molar-refractivity contribution is 0.195. The molecular weight excluding hydrogens is 350 g/mol. The maximum atomic E-state index is 5.32. The molecule has 0 unspecified atom stereocenters. The Bertz CT molecular complexity index is 915. The molecule has 1 fully saturated rings. The molecule has 0 bridgehead atoms. The molecule has 0 aliphatic carbocycles. The van der Waals surface area contributed by atoms with Crippen LogP contribution in [0.1, 0.15) is 61.6 Å². The summed E-state index contributed by atoms with van der Waals surface area (Å²) in [5.41, 5.74) is 4.08. The summed E-state index contributed by atoms with van der Waals surface area (Å²) >= 11 is 0. The Labute approximate surface area is 166 Å². The number of hydrogen-bond acceptors (Lipinski definition) is 5. The number of aryl methyl sites for hydroxylation is 2. The van der Waals surface area contributed by atoms with Gasteiger partial charge in [-0.05, 0) is 65.8 Å². The standard InChI is InChI=1S/C22H29N5O/c1-15(2)27-13-10-23-21(27)14-26-11-8-18(9-12-26)19-6-5-7-20(24-19)22-16(3)25-28-17(22)4/h5-7,10,13,15,18H,8-9,11-12,14H2,1-4H3. The number of likely N-dealkylation sites (tertiary alicyclic amines) is 1. The first-order valence-electron chi connectivity index (χ1n) is 10.2. The van der Waals surface area contributed by atoms with Crippen LogP contribution in [-0.2, 0) is 6.54 Å². The first-order chi connectivity index (χ1) is 13.5. The predicted molar refractivity (Wildman–Crippen MR) is 109 cm³/mol. The number of pyridine rings is 1. The minimum absolute atomic E-state index is 0.450. The van der Waals surface area contributed by atoms with Gasteiger partial charge in [0.15, 0.2) is 0 Å². The Morgan fingerprint density at radius 3 is 2.64 bits per heavy atom. The van der Waals surface area contributed by atoms with Crippen molar-refractivity contribution in [2.24, 2.45) is 0 Å². The smallest absolute Gasteiger partial charge is 0.143 e. The summed E-state index contributed by atoms with van der Waals surface area (Å²) in [6.07, 6.45) is 6.24. The Morgan fingerprint density at radius 2 is 1.96 bits per heavy atom. The Morgan fingerprint density at radius 1 is 1.18 bits per heavy atom. The van der Waals surface area contributed by atoms with E-state index in [9.17, 15) is 0 Å². The topological polar surface area (TPSA) is 60.0 Å². The molecule has 6 heteroatoms. The van der Waals surface area contributed by atoms with Gasteiger partial charge in [-0.3, -0.25) is 9.88 Å². The molecule has 0 spiro atoms. The molecule has 1 aliphatic heterocycles. The average molecular weight is 380 g/mol. The summed E-state index contributed by atoms with van der Waals surface area (Å²) in [4.78, 5) is 12.0. The van der Waals surface area contributed by atoms with Gasteiger partial charge in [-0.25, -0.2) is 4.98 Å². The number of imidazole rings is 1. The SMILES string of the molecule is Cc1noc(C)c1-c1cccc(C2CCN(Cc3nccn3C(C)C)CC2)n1. The van der Waals surface area contributed by atoms with E-state index in [4.69, 9.17) is 9.51 Å². The van der Waals surface area contributed by atoms with Crippen LogP contribution in [0, 0.1) is 13.8 Å². The summed E-state index contributed by atoms with van der Waals surface area (Å²) < 4.78 is 7.59. The van der Waals surface area contributed by atoms with Gasteiger partial charge < -0.3 is 9.09 Å². The van der Waals surface area contributed by atoms with Crippen molar-refractivity contribution in [3.05, 3.63) is 53.6 Å². The molecule has 3 aromatic rings. The van der Waals surface area contributed by atoms with E-state index in [0.717, 1.165) is 61.0 Å². The van der Waals surface area contributed by atoms with Crippen LogP contribution in [0.5, 0.6) is 0 Å². The van der Waals surface area contributed by atoms with Gasteiger partial charge >= 0.3 is 0 Å². The highest BCUT2D eigenvalue weighted by Gasteiger charge is 2.23. The lowest BCUT2D eigenvalue weighted by atomic mass is 9.92. The van der Waals surface area contributed by atoms with Crippen molar-refractivity contribution in [2.45, 2.75) is 59.0 Å². The zero-order valence-corrected chi connectivity index (χ0v) is 17.2. The van der Waals surface area contributed by atoms with Crippen molar-refractivity contribution in [1.82, 2.24) is 24.6 Å². The first-order valence-corrected chi connectivity index (χ1v) is 10.2. The molecule has 4 heterocycles. The van der Waals surface area contributed by atoms with Crippen LogP contribution < -0.4 is 0 Å². The molecule has 0 radical (unpaired) electrons. The van der Waals surface area contributed by atoms with Crippen LogP contribution in [0.25, 0.3) is 11.3 Å². The zero-order valence-electron chi connectivity index (χ0n) is 17.2. The monoisotopic (exact) mass is 379 g/mol. The van der Waals surface area contributed by atoms with E-state index in [-0.39, 0.29) is 0 Å². The molecule has 3 aromatic heterocycles. The maximum absolute atomic E-state index is 5.32. The summed E-state index contributed by atoms with van der Waals surface area (Å²) in [7, 11) is 0. The first kappa shape index (κ1) is 18.9. The highest BCUT2D eigenvalue weighted by Crippen LogP contribution is 2.31. The number of hydrogen-bond donors (Lipinski definition) is 0. The second-order valence-electron chi connectivity index (χ2n) is 8.04. The van der Waals surface area contributed by atoms with Gasteiger partial charge in [0.1, 0.15) is 11.6 Å². The molecule has 28 heavy (non-hydrogen) atoms. The maximum Gasteiger partial charge on any atom is 0.143 e. The number of aromatic nitrogens is 4. The van der Waals surface area contributed by atoms with E-state index in [1.165, 1.54) is 5.69 Å². The molecule has 4 rings (SSSR count). The summed E-state index contributed by atoms with van der Waals surface area (Å²) in [5, 5.41) is 4.07. The zero-order chi connectivity index (χ0) is 19.7. The van der Waals surface area contributed by atoms with E-state index < -0.39 is 0 Å². The van der Waals surface area contributed by atoms with E-state index in [0.29, 0.717) is 12.0 Å². The van der Waals surface area contributed by atoms with Crippen molar-refractivity contribution in [1.29, 1.82) is 0 Å². The molecular formula is C22H29N5O. The molecule has 148 valence electrons. The molecule has 6 nitrogen and oxygen atoms in total. The third-order valence-electron chi connectivity index (χ3n) is 5.74. The second kappa shape index (κ2) is 7.87. The molecule has 1 aliphatic rings. The summed E-state index contributed by atoms with van der Waals surface area (Å²) in [6.45, 7) is 11.4. The lowest BCUT2D eigenvalue weighted by Gasteiger charge is -2.31. The van der Waals surface area contributed by atoms with Crippen LogP contribution in [0.4, 0.5) is 0 Å². The fraction of sp³-hybridized carbons (Fsp3) is 0.500. The van der Waals surface area contributed by atoms with E-state index in [1.54, 1.807) is 0 Å². The van der Waals surface area contributed by atoms with Crippen molar-refractivity contribution in [2.75, 3.05) is 13.1 Å². The minimum Gasteiger partial charge on any atom is -0.361 e. The van der Waals surface area contributed by atoms with Crippen molar-refractivity contribution in [3.8, 4) is 11.3 Å². The molecule has 0 aromatic carbocycles. The summed E-state index contributed by atoms with van der Waals surface area (Å²) in [5.74, 6) is 2.49. The molecule has 0 saturated carbocycles.